The summed E-state index contributed by atoms with van der Waals surface area (Å²) in [4.78, 5) is 15.0. The lowest BCUT2D eigenvalue weighted by atomic mass is 10.1. The molecule has 0 spiro atoms. The zero-order chi connectivity index (χ0) is 12.6. The fourth-order valence-corrected chi connectivity index (χ4v) is 1.73. The lowest BCUT2D eigenvalue weighted by Crippen LogP contribution is -2.36. The molecule has 2 rings (SSSR count). The smallest absolute Gasteiger partial charge is 0.351 e. The van der Waals surface area contributed by atoms with Gasteiger partial charge in [-0.15, -0.1) is 12.4 Å². The molecule has 1 aliphatic heterocycles. The summed E-state index contributed by atoms with van der Waals surface area (Å²) in [7, 11) is 0. The van der Waals surface area contributed by atoms with Gasteiger partial charge in [-0.05, 0) is 6.07 Å². The lowest BCUT2D eigenvalue weighted by Gasteiger charge is -2.16. The van der Waals surface area contributed by atoms with Crippen molar-refractivity contribution in [1.29, 1.82) is 0 Å². The van der Waals surface area contributed by atoms with Crippen molar-refractivity contribution in [3.8, 4) is 0 Å². The van der Waals surface area contributed by atoms with Crippen LogP contribution in [0.3, 0.4) is 0 Å². The van der Waals surface area contributed by atoms with Crippen LogP contribution >= 0.6 is 12.4 Å². The number of aromatic nitrogens is 2. The number of nitrogens with zero attached hydrogens (tertiary/aromatic N) is 2. The van der Waals surface area contributed by atoms with E-state index < -0.39 is 36.8 Å². The average Bonchev–Trinajstić information content (AvgIpc) is 2.57. The van der Waals surface area contributed by atoms with Crippen molar-refractivity contribution >= 4 is 18.2 Å². The van der Waals surface area contributed by atoms with Crippen LogP contribution in [0.5, 0.6) is 0 Å². The summed E-state index contributed by atoms with van der Waals surface area (Å²) in [5, 5.41) is 28.2. The van der Waals surface area contributed by atoms with Gasteiger partial charge >= 0.3 is 5.69 Å². The van der Waals surface area contributed by atoms with Gasteiger partial charge in [0.1, 0.15) is 24.1 Å². The van der Waals surface area contributed by atoms with Crippen LogP contribution in [-0.4, -0.2) is 49.8 Å². The van der Waals surface area contributed by atoms with Gasteiger partial charge < -0.3 is 25.8 Å². The number of rotatable bonds is 2. The number of hydrogen-bond donors (Lipinski definition) is 4. The Balaban J connectivity index is 0.00000162. The number of halogens is 1. The fraction of sp³-hybridized carbons (Fsp3) is 0.556. The third kappa shape index (κ3) is 2.47. The van der Waals surface area contributed by atoms with E-state index in [4.69, 9.17) is 15.6 Å². The summed E-state index contributed by atoms with van der Waals surface area (Å²) in [5.74, 6) is 0.0537. The van der Waals surface area contributed by atoms with Gasteiger partial charge in [0.15, 0.2) is 6.23 Å². The maximum Gasteiger partial charge on any atom is 0.351 e. The molecule has 0 amide bonds. The number of ether oxygens (including phenoxy) is 1. The van der Waals surface area contributed by atoms with E-state index in [-0.39, 0.29) is 18.2 Å². The fourth-order valence-electron chi connectivity index (χ4n) is 1.73. The normalized spacial score (nSPS) is 31.1. The number of nitrogen functional groups attached to an aromatic ring is 1. The van der Waals surface area contributed by atoms with Crippen LogP contribution in [0.15, 0.2) is 17.1 Å². The second kappa shape index (κ2) is 5.63. The van der Waals surface area contributed by atoms with Crippen molar-refractivity contribution in [2.24, 2.45) is 0 Å². The van der Waals surface area contributed by atoms with Crippen molar-refractivity contribution in [2.45, 2.75) is 24.5 Å². The molecule has 5 N–H and O–H groups in total. The highest BCUT2D eigenvalue weighted by molar-refractivity contribution is 5.85. The lowest BCUT2D eigenvalue weighted by molar-refractivity contribution is -0.0549. The van der Waals surface area contributed by atoms with E-state index in [2.05, 4.69) is 4.98 Å². The van der Waals surface area contributed by atoms with Crippen molar-refractivity contribution in [3.63, 3.8) is 0 Å². The van der Waals surface area contributed by atoms with Gasteiger partial charge in [-0.3, -0.25) is 4.57 Å². The number of anilines is 1. The molecule has 1 aliphatic rings. The van der Waals surface area contributed by atoms with Crippen molar-refractivity contribution < 1.29 is 20.1 Å². The molecule has 0 saturated carbocycles. The van der Waals surface area contributed by atoms with Gasteiger partial charge in [-0.25, -0.2) is 4.79 Å². The molecule has 2 heterocycles. The van der Waals surface area contributed by atoms with Gasteiger partial charge in [0, 0.05) is 6.20 Å². The Morgan fingerprint density at radius 3 is 2.61 bits per heavy atom. The van der Waals surface area contributed by atoms with Gasteiger partial charge in [-0.1, -0.05) is 0 Å². The van der Waals surface area contributed by atoms with Crippen LogP contribution in [0, 0.1) is 0 Å². The molecule has 1 saturated heterocycles. The van der Waals surface area contributed by atoms with E-state index >= 15 is 0 Å². The first-order valence-electron chi connectivity index (χ1n) is 5.01. The molecule has 2 unspecified atom stereocenters. The van der Waals surface area contributed by atoms with Crippen molar-refractivity contribution in [3.05, 3.63) is 22.7 Å². The maximum atomic E-state index is 11.5. The van der Waals surface area contributed by atoms with Gasteiger partial charge in [0.2, 0.25) is 0 Å². The highest BCUT2D eigenvalue weighted by Gasteiger charge is 2.43. The van der Waals surface area contributed by atoms with E-state index in [1.165, 1.54) is 12.3 Å². The molecule has 0 bridgehead atoms. The first-order valence-corrected chi connectivity index (χ1v) is 5.01. The third-order valence-corrected chi connectivity index (χ3v) is 2.64. The predicted molar refractivity (Wildman–Crippen MR) is 63.2 cm³/mol. The Bertz CT molecular complexity index is 468. The Labute approximate surface area is 108 Å². The molecule has 8 nitrogen and oxygen atoms in total. The molecule has 18 heavy (non-hydrogen) atoms. The van der Waals surface area contributed by atoms with E-state index in [1.807, 2.05) is 0 Å². The Kier molecular flexibility index (Phi) is 4.65. The third-order valence-electron chi connectivity index (χ3n) is 2.64. The number of nitrogens with two attached hydrogens (primary N) is 1. The predicted octanol–water partition coefficient (Wildman–Crippen LogP) is -2.14. The largest absolute Gasteiger partial charge is 0.394 e. The molecular formula is C9H14ClN3O5. The zero-order valence-electron chi connectivity index (χ0n) is 9.21. The zero-order valence-corrected chi connectivity index (χ0v) is 10.0. The summed E-state index contributed by atoms with van der Waals surface area (Å²) in [6.07, 6.45) is -3.27. The van der Waals surface area contributed by atoms with Crippen molar-refractivity contribution in [1.82, 2.24) is 9.55 Å². The topological polar surface area (TPSA) is 131 Å². The molecule has 0 radical (unpaired) electrons. The molecule has 1 aromatic heterocycles. The number of hydrogen-bond acceptors (Lipinski definition) is 7. The highest BCUT2D eigenvalue weighted by atomic mass is 35.5. The summed E-state index contributed by atoms with van der Waals surface area (Å²) in [6, 6.07) is 1.37. The molecule has 1 aromatic rings. The van der Waals surface area contributed by atoms with Crippen LogP contribution in [0.25, 0.3) is 0 Å². The van der Waals surface area contributed by atoms with Crippen LogP contribution in [0.1, 0.15) is 6.23 Å². The second-order valence-corrected chi connectivity index (χ2v) is 3.77. The van der Waals surface area contributed by atoms with Crippen LogP contribution in [0.4, 0.5) is 5.82 Å². The van der Waals surface area contributed by atoms with E-state index in [0.717, 1.165) is 4.57 Å². The molecule has 9 heteroatoms. The molecule has 102 valence electrons. The second-order valence-electron chi connectivity index (χ2n) is 3.77. The monoisotopic (exact) mass is 279 g/mol. The Morgan fingerprint density at radius 1 is 1.44 bits per heavy atom. The van der Waals surface area contributed by atoms with Crippen LogP contribution in [0.2, 0.25) is 0 Å². The minimum Gasteiger partial charge on any atom is -0.394 e. The van der Waals surface area contributed by atoms with Crippen molar-refractivity contribution in [2.75, 3.05) is 12.3 Å². The van der Waals surface area contributed by atoms with Crippen LogP contribution in [-0.2, 0) is 4.74 Å². The van der Waals surface area contributed by atoms with Crippen LogP contribution < -0.4 is 11.4 Å². The SMILES string of the molecule is Cl.Nc1ccn([C@@H]2O[C@H](CO)C(O)C2O)c(=O)n1. The minimum atomic E-state index is -1.31. The maximum absolute atomic E-state index is 11.5. The average molecular weight is 280 g/mol. The summed E-state index contributed by atoms with van der Waals surface area (Å²) in [6.45, 7) is -0.453. The number of aliphatic hydroxyl groups is 3. The molecule has 0 aromatic carbocycles. The molecule has 4 atom stereocenters. The highest BCUT2D eigenvalue weighted by Crippen LogP contribution is 2.27. The molecule has 1 fully saturated rings. The quantitative estimate of drug-likeness (QED) is 0.486. The number of aliphatic hydroxyl groups excluding tert-OH is 3. The minimum absolute atomic E-state index is 0. The van der Waals surface area contributed by atoms with Gasteiger partial charge in [-0.2, -0.15) is 4.98 Å². The molecule has 0 aliphatic carbocycles. The van der Waals surface area contributed by atoms with E-state index in [9.17, 15) is 15.0 Å². The first-order chi connectivity index (χ1) is 8.04. The summed E-state index contributed by atoms with van der Waals surface area (Å²) >= 11 is 0. The summed E-state index contributed by atoms with van der Waals surface area (Å²) < 4.78 is 6.19. The van der Waals surface area contributed by atoms with E-state index in [0.29, 0.717) is 0 Å². The molecular weight excluding hydrogens is 266 g/mol. The Hall–Kier alpha value is -1.19. The first kappa shape index (κ1) is 14.9. The van der Waals surface area contributed by atoms with Gasteiger partial charge in [0.05, 0.1) is 6.61 Å². The van der Waals surface area contributed by atoms with Gasteiger partial charge in [0.25, 0.3) is 0 Å². The van der Waals surface area contributed by atoms with E-state index in [1.54, 1.807) is 0 Å². The Morgan fingerprint density at radius 2 is 2.11 bits per heavy atom. The standard InChI is InChI=1S/C9H13N3O5.ClH/c10-5-1-2-12(9(16)11-5)8-7(15)6(14)4(3-13)17-8;/h1-2,4,6-8,13-15H,3H2,(H2,10,11,16);1H/t4-,6?,7?,8-;/m1./s1. The summed E-state index contributed by atoms with van der Waals surface area (Å²) in [5.41, 5.74) is 4.63.